The molecule has 0 spiro atoms. The number of hydrogen-bond donors (Lipinski definition) is 2. The summed E-state index contributed by atoms with van der Waals surface area (Å²) in [6.45, 7) is 1.85. The van der Waals surface area contributed by atoms with Gasteiger partial charge in [-0.1, -0.05) is 11.6 Å². The summed E-state index contributed by atoms with van der Waals surface area (Å²) in [5, 5.41) is 10.4. The normalized spacial score (nSPS) is 12.5. The molecule has 0 aliphatic heterocycles. The van der Waals surface area contributed by atoms with Crippen LogP contribution in [0.2, 0.25) is 5.02 Å². The predicted molar refractivity (Wildman–Crippen MR) is 81.3 cm³/mol. The molecule has 1 aromatic carbocycles. The highest BCUT2D eigenvalue weighted by Crippen LogP contribution is 2.35. The standard InChI is InChI=1S/C14H11ClFN3OS/c1-7(8-5-17-18-6-8)19-14(20)13-12(15)10-3-2-9(16)4-11(10)21-13/h2-7H,1H3,(H,17,18)(H,19,20). The fourth-order valence-electron chi connectivity index (χ4n) is 2.03. The van der Waals surface area contributed by atoms with Gasteiger partial charge in [-0.15, -0.1) is 11.3 Å². The van der Waals surface area contributed by atoms with E-state index in [0.29, 0.717) is 20.0 Å². The van der Waals surface area contributed by atoms with Gasteiger partial charge >= 0.3 is 0 Å². The van der Waals surface area contributed by atoms with E-state index >= 15 is 0 Å². The van der Waals surface area contributed by atoms with Crippen LogP contribution in [0.3, 0.4) is 0 Å². The molecule has 1 atom stereocenters. The third-order valence-corrected chi connectivity index (χ3v) is 4.82. The highest BCUT2D eigenvalue weighted by molar-refractivity contribution is 7.21. The molecule has 0 radical (unpaired) electrons. The maximum atomic E-state index is 13.2. The van der Waals surface area contributed by atoms with Crippen molar-refractivity contribution in [2.45, 2.75) is 13.0 Å². The Hall–Kier alpha value is -1.92. The number of hydrogen-bond acceptors (Lipinski definition) is 3. The molecule has 1 unspecified atom stereocenters. The SMILES string of the molecule is CC(NC(=O)c1sc2cc(F)ccc2c1Cl)c1cn[nH]c1. The third kappa shape index (κ3) is 2.64. The number of halogens is 2. The van der Waals surface area contributed by atoms with Gasteiger partial charge in [-0.05, 0) is 25.1 Å². The summed E-state index contributed by atoms with van der Waals surface area (Å²) < 4.78 is 13.9. The van der Waals surface area contributed by atoms with Gasteiger partial charge in [-0.2, -0.15) is 5.10 Å². The molecule has 0 aliphatic rings. The van der Waals surface area contributed by atoms with Crippen molar-refractivity contribution in [2.75, 3.05) is 0 Å². The van der Waals surface area contributed by atoms with Crippen molar-refractivity contribution in [3.8, 4) is 0 Å². The van der Waals surface area contributed by atoms with Gasteiger partial charge in [0.15, 0.2) is 0 Å². The number of amides is 1. The van der Waals surface area contributed by atoms with Crippen LogP contribution in [0.5, 0.6) is 0 Å². The van der Waals surface area contributed by atoms with Crippen LogP contribution in [-0.2, 0) is 0 Å². The zero-order chi connectivity index (χ0) is 15.0. The molecule has 0 saturated carbocycles. The average Bonchev–Trinajstić information content (AvgIpc) is 3.07. The minimum atomic E-state index is -0.348. The van der Waals surface area contributed by atoms with Crippen molar-refractivity contribution in [2.24, 2.45) is 0 Å². The van der Waals surface area contributed by atoms with Gasteiger partial charge in [-0.3, -0.25) is 9.89 Å². The summed E-state index contributed by atoms with van der Waals surface area (Å²) in [5.41, 5.74) is 0.867. The number of aromatic amines is 1. The average molecular weight is 324 g/mol. The van der Waals surface area contributed by atoms with E-state index in [2.05, 4.69) is 15.5 Å². The Bertz CT molecular complexity index is 800. The van der Waals surface area contributed by atoms with Crippen molar-refractivity contribution in [3.63, 3.8) is 0 Å². The maximum absolute atomic E-state index is 13.2. The zero-order valence-corrected chi connectivity index (χ0v) is 12.6. The van der Waals surface area contributed by atoms with E-state index in [9.17, 15) is 9.18 Å². The van der Waals surface area contributed by atoms with Crippen LogP contribution in [0, 0.1) is 5.82 Å². The maximum Gasteiger partial charge on any atom is 0.263 e. The molecule has 2 aromatic heterocycles. The van der Waals surface area contributed by atoms with Gasteiger partial charge in [0.2, 0.25) is 0 Å². The molecule has 3 aromatic rings. The van der Waals surface area contributed by atoms with Crippen molar-refractivity contribution in [1.29, 1.82) is 0 Å². The van der Waals surface area contributed by atoms with E-state index in [0.717, 1.165) is 5.56 Å². The summed E-state index contributed by atoms with van der Waals surface area (Å²) >= 11 is 7.40. The Morgan fingerprint density at radius 2 is 2.33 bits per heavy atom. The zero-order valence-electron chi connectivity index (χ0n) is 11.0. The second-order valence-electron chi connectivity index (χ2n) is 4.61. The second kappa shape index (κ2) is 5.46. The molecule has 0 fully saturated rings. The highest BCUT2D eigenvalue weighted by Gasteiger charge is 2.19. The lowest BCUT2D eigenvalue weighted by Gasteiger charge is -2.11. The lowest BCUT2D eigenvalue weighted by atomic mass is 10.2. The largest absolute Gasteiger partial charge is 0.345 e. The molecule has 21 heavy (non-hydrogen) atoms. The molecule has 2 N–H and O–H groups in total. The van der Waals surface area contributed by atoms with E-state index in [4.69, 9.17) is 11.6 Å². The van der Waals surface area contributed by atoms with Crippen molar-refractivity contribution >= 4 is 38.9 Å². The van der Waals surface area contributed by atoms with Gasteiger partial charge in [0.25, 0.3) is 5.91 Å². The lowest BCUT2D eigenvalue weighted by molar-refractivity contribution is 0.0944. The Balaban J connectivity index is 1.89. The summed E-state index contributed by atoms with van der Waals surface area (Å²) in [5.74, 6) is -0.630. The first-order chi connectivity index (χ1) is 10.1. The number of H-pyrrole nitrogens is 1. The number of carbonyl (C=O) groups is 1. The first-order valence-electron chi connectivity index (χ1n) is 6.23. The van der Waals surface area contributed by atoms with E-state index in [1.54, 1.807) is 18.5 Å². The molecule has 1 amide bonds. The number of nitrogens with zero attached hydrogens (tertiary/aromatic N) is 1. The number of nitrogens with one attached hydrogen (secondary N) is 2. The first-order valence-corrected chi connectivity index (χ1v) is 7.43. The highest BCUT2D eigenvalue weighted by atomic mass is 35.5. The van der Waals surface area contributed by atoms with Crippen LogP contribution < -0.4 is 5.32 Å². The van der Waals surface area contributed by atoms with Crippen LogP contribution in [0.4, 0.5) is 4.39 Å². The third-order valence-electron chi connectivity index (χ3n) is 3.16. The summed E-state index contributed by atoms with van der Waals surface area (Å²) in [7, 11) is 0. The van der Waals surface area contributed by atoms with Gasteiger partial charge in [-0.25, -0.2) is 4.39 Å². The Morgan fingerprint density at radius 3 is 3.05 bits per heavy atom. The molecular weight excluding hydrogens is 313 g/mol. The molecule has 0 bridgehead atoms. The Kier molecular flexibility index (Phi) is 3.65. The number of benzene rings is 1. The molecule has 3 rings (SSSR count). The number of thiophene rings is 1. The molecule has 7 heteroatoms. The number of carbonyl (C=O) groups excluding carboxylic acids is 1. The Labute approximate surface area is 128 Å². The molecular formula is C14H11ClFN3OS. The topological polar surface area (TPSA) is 57.8 Å². The van der Waals surface area contributed by atoms with Crippen LogP contribution in [-0.4, -0.2) is 16.1 Å². The van der Waals surface area contributed by atoms with Gasteiger partial charge < -0.3 is 5.32 Å². The van der Waals surface area contributed by atoms with Crippen molar-refractivity contribution in [1.82, 2.24) is 15.5 Å². The second-order valence-corrected chi connectivity index (χ2v) is 6.04. The number of fused-ring (bicyclic) bond motifs is 1. The van der Waals surface area contributed by atoms with Crippen molar-refractivity contribution < 1.29 is 9.18 Å². The monoisotopic (exact) mass is 323 g/mol. The quantitative estimate of drug-likeness (QED) is 0.767. The van der Waals surface area contributed by atoms with Crippen LogP contribution >= 0.6 is 22.9 Å². The fourth-order valence-corrected chi connectivity index (χ4v) is 3.47. The van der Waals surface area contributed by atoms with E-state index in [1.165, 1.54) is 23.5 Å². The minimum Gasteiger partial charge on any atom is -0.345 e. The summed E-state index contributed by atoms with van der Waals surface area (Å²) in [4.78, 5) is 12.7. The summed E-state index contributed by atoms with van der Waals surface area (Å²) in [6.07, 6.45) is 3.36. The smallest absolute Gasteiger partial charge is 0.263 e. The van der Waals surface area contributed by atoms with E-state index in [1.807, 2.05) is 6.92 Å². The number of rotatable bonds is 3. The van der Waals surface area contributed by atoms with Gasteiger partial charge in [0, 0.05) is 21.8 Å². The predicted octanol–water partition coefficient (Wildman–Crippen LogP) is 3.91. The van der Waals surface area contributed by atoms with E-state index < -0.39 is 0 Å². The fraction of sp³-hybridized carbons (Fsp3) is 0.143. The first kappa shape index (κ1) is 14.0. The van der Waals surface area contributed by atoms with Crippen LogP contribution in [0.15, 0.2) is 30.6 Å². The van der Waals surface area contributed by atoms with Crippen molar-refractivity contribution in [3.05, 3.63) is 51.9 Å². The molecule has 4 nitrogen and oxygen atoms in total. The van der Waals surface area contributed by atoms with Gasteiger partial charge in [0.1, 0.15) is 10.7 Å². The lowest BCUT2D eigenvalue weighted by Crippen LogP contribution is -2.25. The Morgan fingerprint density at radius 1 is 1.52 bits per heavy atom. The van der Waals surface area contributed by atoms with E-state index in [-0.39, 0.29) is 17.8 Å². The molecule has 108 valence electrons. The molecule has 0 saturated heterocycles. The molecule has 2 heterocycles. The van der Waals surface area contributed by atoms with Crippen LogP contribution in [0.1, 0.15) is 28.2 Å². The number of aromatic nitrogens is 2. The minimum absolute atomic E-state index is 0.200. The van der Waals surface area contributed by atoms with Gasteiger partial charge in [0.05, 0.1) is 17.3 Å². The summed E-state index contributed by atoms with van der Waals surface area (Å²) in [6, 6.07) is 4.09. The molecule has 0 aliphatic carbocycles. The van der Waals surface area contributed by atoms with Crippen LogP contribution in [0.25, 0.3) is 10.1 Å².